The van der Waals surface area contributed by atoms with E-state index in [1.165, 1.54) is 4.90 Å². The summed E-state index contributed by atoms with van der Waals surface area (Å²) < 4.78 is 51.6. The number of morpholine rings is 1. The van der Waals surface area contributed by atoms with Gasteiger partial charge in [-0.15, -0.1) is 0 Å². The van der Waals surface area contributed by atoms with Gasteiger partial charge in [-0.2, -0.15) is 13.2 Å². The van der Waals surface area contributed by atoms with E-state index >= 15 is 0 Å². The first-order chi connectivity index (χ1) is 20.5. The first kappa shape index (κ1) is 29.4. The molecule has 11 nitrogen and oxygen atoms in total. The van der Waals surface area contributed by atoms with E-state index in [1.807, 2.05) is 26.0 Å². The van der Waals surface area contributed by atoms with Gasteiger partial charge in [0, 0.05) is 19.6 Å². The van der Waals surface area contributed by atoms with Crippen LogP contribution in [0.5, 0.6) is 0 Å². The second-order valence-corrected chi connectivity index (χ2v) is 12.0. The van der Waals surface area contributed by atoms with Crippen molar-refractivity contribution in [2.75, 3.05) is 35.2 Å². The van der Waals surface area contributed by atoms with Crippen LogP contribution < -0.4 is 15.5 Å². The molecule has 14 heteroatoms. The second-order valence-electron chi connectivity index (χ2n) is 12.0. The summed E-state index contributed by atoms with van der Waals surface area (Å²) in [5, 5.41) is 8.18. The third-order valence-corrected chi connectivity index (χ3v) is 8.94. The smallest absolute Gasteiger partial charge is 0.408 e. The maximum Gasteiger partial charge on any atom is 0.408 e. The summed E-state index contributed by atoms with van der Waals surface area (Å²) in [7, 11) is 0. The maximum absolute atomic E-state index is 14.2. The molecule has 3 N–H and O–H groups in total. The molecule has 0 unspecified atom stereocenters. The molecule has 0 radical (unpaired) electrons. The highest BCUT2D eigenvalue weighted by Crippen LogP contribution is 2.53. The van der Waals surface area contributed by atoms with Crippen LogP contribution in [0.1, 0.15) is 70.2 Å². The van der Waals surface area contributed by atoms with Crippen LogP contribution in [0.4, 0.5) is 36.3 Å². The minimum absolute atomic E-state index is 0.0648. The van der Waals surface area contributed by atoms with Crippen LogP contribution >= 0.6 is 0 Å². The SMILES string of the molecule is C[C@@H]1CN(c2ccc(N3C(=O)C4(CCCCC4)c4c(N)nc(COC(=N)N5CCC[C@@H]5C(F)(F)F)nc43)cn2)C[C@H](C)O1. The topological polar surface area (TPSA) is 134 Å². The molecule has 232 valence electrons. The average molecular weight is 603 g/mol. The van der Waals surface area contributed by atoms with Gasteiger partial charge in [-0.3, -0.25) is 15.1 Å². The molecule has 0 aromatic carbocycles. The number of nitrogens with one attached hydrogen (secondary N) is 1. The van der Waals surface area contributed by atoms with Crippen molar-refractivity contribution in [1.29, 1.82) is 5.41 Å². The van der Waals surface area contributed by atoms with Gasteiger partial charge in [-0.1, -0.05) is 19.3 Å². The Morgan fingerprint density at radius 2 is 1.86 bits per heavy atom. The first-order valence-electron chi connectivity index (χ1n) is 14.9. The summed E-state index contributed by atoms with van der Waals surface area (Å²) in [5.41, 5.74) is 6.76. The lowest BCUT2D eigenvalue weighted by molar-refractivity contribution is -0.169. The fourth-order valence-electron chi connectivity index (χ4n) is 7.10. The quantitative estimate of drug-likeness (QED) is 0.385. The van der Waals surface area contributed by atoms with Gasteiger partial charge < -0.3 is 25.0 Å². The Kier molecular flexibility index (Phi) is 7.59. The Morgan fingerprint density at radius 1 is 1.14 bits per heavy atom. The van der Waals surface area contributed by atoms with Gasteiger partial charge in [0.15, 0.2) is 12.4 Å². The molecule has 4 aliphatic rings. The van der Waals surface area contributed by atoms with Gasteiger partial charge in [0.05, 0.1) is 35.1 Å². The minimum atomic E-state index is -4.46. The highest BCUT2D eigenvalue weighted by Gasteiger charge is 2.54. The summed E-state index contributed by atoms with van der Waals surface area (Å²) in [5.74, 6) is 1.20. The molecule has 0 bridgehead atoms. The van der Waals surface area contributed by atoms with Crippen molar-refractivity contribution in [2.24, 2.45) is 0 Å². The Labute approximate surface area is 248 Å². The molecular formula is C29H37F3N8O3. The lowest BCUT2D eigenvalue weighted by Gasteiger charge is -2.36. The van der Waals surface area contributed by atoms with E-state index in [0.29, 0.717) is 49.4 Å². The fourth-order valence-corrected chi connectivity index (χ4v) is 7.10. The molecule has 1 aliphatic carbocycles. The number of anilines is 4. The normalized spacial score (nSPS) is 25.4. The average Bonchev–Trinajstić information content (AvgIpc) is 3.55. The molecule has 5 heterocycles. The van der Waals surface area contributed by atoms with Gasteiger partial charge in [-0.25, -0.2) is 15.0 Å². The summed E-state index contributed by atoms with van der Waals surface area (Å²) in [6, 6.07) is 1.36. The largest absolute Gasteiger partial charge is 0.457 e. The number of ether oxygens (including phenoxy) is 2. The summed E-state index contributed by atoms with van der Waals surface area (Å²) in [4.78, 5) is 32.6. The number of hydrogen-bond donors (Lipinski definition) is 2. The van der Waals surface area contributed by atoms with Crippen molar-refractivity contribution in [3.63, 3.8) is 0 Å². The zero-order valence-electron chi connectivity index (χ0n) is 24.4. The predicted octanol–water partition coefficient (Wildman–Crippen LogP) is 4.43. The number of fused-ring (bicyclic) bond motifs is 2. The maximum atomic E-state index is 14.2. The monoisotopic (exact) mass is 602 g/mol. The standard InChI is InChI=1S/C29H37F3N8O3/c1-17-14-38(15-18(2)43-17)22-9-8-19(13-35-22)40-25-23(28(26(40)41)10-4-3-5-11-28)24(33)36-21(37-25)16-42-27(34)39-12-6-7-20(39)29(30,31)32/h8-9,13,17-18,20,34H,3-7,10-12,14-16H2,1-2H3,(H2,33,36,37)/t17-,18+,20-/m1/s1. The van der Waals surface area contributed by atoms with Crippen LogP contribution in [-0.4, -0.2) is 75.8 Å². The fraction of sp³-hybridized carbons (Fsp3) is 0.621. The number of amides is 1. The lowest BCUT2D eigenvalue weighted by Crippen LogP contribution is -2.45. The van der Waals surface area contributed by atoms with Crippen LogP contribution in [-0.2, 0) is 26.3 Å². The molecule has 3 fully saturated rings. The number of carbonyl (C=O) groups is 1. The third-order valence-electron chi connectivity index (χ3n) is 8.94. The molecule has 1 amide bonds. The molecular weight excluding hydrogens is 565 g/mol. The lowest BCUT2D eigenvalue weighted by atomic mass is 9.70. The van der Waals surface area contributed by atoms with E-state index in [9.17, 15) is 18.0 Å². The molecule has 3 atom stereocenters. The van der Waals surface area contributed by atoms with Gasteiger partial charge in [0.1, 0.15) is 23.5 Å². The number of pyridine rings is 1. The Bertz CT molecular complexity index is 1370. The molecule has 1 spiro atoms. The van der Waals surface area contributed by atoms with Crippen LogP contribution in [0.3, 0.4) is 0 Å². The number of hydrogen-bond acceptors (Lipinski definition) is 9. The molecule has 2 saturated heterocycles. The van der Waals surface area contributed by atoms with Gasteiger partial charge in [0.25, 0.3) is 6.02 Å². The van der Waals surface area contributed by atoms with E-state index in [4.69, 9.17) is 20.6 Å². The van der Waals surface area contributed by atoms with Crippen molar-refractivity contribution in [3.05, 3.63) is 29.7 Å². The number of rotatable bonds is 4. The van der Waals surface area contributed by atoms with E-state index in [-0.39, 0.29) is 49.3 Å². The van der Waals surface area contributed by atoms with Gasteiger partial charge in [-0.05, 0) is 51.7 Å². The number of alkyl halides is 3. The summed E-state index contributed by atoms with van der Waals surface area (Å²) >= 11 is 0. The number of halogens is 3. The number of amidine groups is 1. The Morgan fingerprint density at radius 3 is 2.51 bits per heavy atom. The third kappa shape index (κ3) is 5.34. The number of carbonyl (C=O) groups excluding carboxylic acids is 1. The molecule has 6 rings (SSSR count). The zero-order chi connectivity index (χ0) is 30.5. The molecule has 2 aromatic heterocycles. The second kappa shape index (κ2) is 11.1. The first-order valence-corrected chi connectivity index (χ1v) is 14.9. The van der Waals surface area contributed by atoms with Crippen molar-refractivity contribution in [3.8, 4) is 0 Å². The minimum Gasteiger partial charge on any atom is -0.457 e. The van der Waals surface area contributed by atoms with Crippen molar-refractivity contribution in [1.82, 2.24) is 19.9 Å². The predicted molar refractivity (Wildman–Crippen MR) is 153 cm³/mol. The molecule has 3 aliphatic heterocycles. The van der Waals surface area contributed by atoms with E-state index in [1.54, 1.807) is 6.20 Å². The number of nitrogens with zero attached hydrogens (tertiary/aromatic N) is 6. The van der Waals surface area contributed by atoms with E-state index in [2.05, 4.69) is 19.9 Å². The van der Waals surface area contributed by atoms with Crippen molar-refractivity contribution >= 4 is 35.1 Å². The van der Waals surface area contributed by atoms with Gasteiger partial charge >= 0.3 is 6.18 Å². The number of nitrogens with two attached hydrogens (primary N) is 1. The van der Waals surface area contributed by atoms with Crippen molar-refractivity contribution in [2.45, 2.75) is 95.2 Å². The Hall–Kier alpha value is -3.68. The number of nitrogen functional groups attached to an aromatic ring is 1. The van der Waals surface area contributed by atoms with Crippen LogP contribution in [0.15, 0.2) is 18.3 Å². The van der Waals surface area contributed by atoms with Crippen LogP contribution in [0.25, 0.3) is 0 Å². The van der Waals surface area contributed by atoms with Crippen LogP contribution in [0.2, 0.25) is 0 Å². The summed E-state index contributed by atoms with van der Waals surface area (Å²) in [6.07, 6.45) is 1.52. The Balaban J connectivity index is 1.29. The van der Waals surface area contributed by atoms with Gasteiger partial charge in [0.2, 0.25) is 5.91 Å². The molecule has 1 saturated carbocycles. The number of likely N-dealkylation sites (tertiary alicyclic amines) is 1. The number of aromatic nitrogens is 3. The highest BCUT2D eigenvalue weighted by molar-refractivity contribution is 6.13. The van der Waals surface area contributed by atoms with Crippen LogP contribution in [0, 0.1) is 5.41 Å². The van der Waals surface area contributed by atoms with Crippen molar-refractivity contribution < 1.29 is 27.4 Å². The summed E-state index contributed by atoms with van der Waals surface area (Å²) in [6.45, 7) is 5.16. The molecule has 43 heavy (non-hydrogen) atoms. The zero-order valence-corrected chi connectivity index (χ0v) is 24.4. The van der Waals surface area contributed by atoms with E-state index < -0.39 is 23.7 Å². The highest BCUT2D eigenvalue weighted by atomic mass is 19.4. The van der Waals surface area contributed by atoms with E-state index in [0.717, 1.165) is 30.0 Å². The molecule has 2 aromatic rings.